The third-order valence-electron chi connectivity index (χ3n) is 4.30. The molecule has 0 unspecified atom stereocenters. The summed E-state index contributed by atoms with van der Waals surface area (Å²) in [4.78, 5) is 25.8. The number of aliphatic hydroxyl groups is 1. The molecule has 0 fully saturated rings. The number of nitrogens with zero attached hydrogens (tertiary/aromatic N) is 1. The molecule has 1 amide bonds. The van der Waals surface area contributed by atoms with Gasteiger partial charge in [-0.25, -0.2) is 13.6 Å². The van der Waals surface area contributed by atoms with Gasteiger partial charge in [-0.1, -0.05) is 12.1 Å². The van der Waals surface area contributed by atoms with Gasteiger partial charge in [0.2, 0.25) is 0 Å². The van der Waals surface area contributed by atoms with Crippen LogP contribution < -0.4 is 5.32 Å². The molecule has 1 aliphatic heterocycles. The molecule has 8 heteroatoms. The Morgan fingerprint density at radius 1 is 1.14 bits per heavy atom. The quantitative estimate of drug-likeness (QED) is 0.743. The Morgan fingerprint density at radius 2 is 1.79 bits per heavy atom. The van der Waals surface area contributed by atoms with Crippen LogP contribution in [0.15, 0.2) is 53.7 Å². The van der Waals surface area contributed by atoms with Crippen molar-refractivity contribution in [1.29, 1.82) is 0 Å². The topological polar surface area (TPSA) is 78.9 Å². The average Bonchev–Trinajstić information content (AvgIpc) is 2.97. The van der Waals surface area contributed by atoms with Crippen molar-refractivity contribution in [2.24, 2.45) is 0 Å². The summed E-state index contributed by atoms with van der Waals surface area (Å²) in [7, 11) is 1.22. The normalized spacial score (nSPS) is 13.9. The van der Waals surface area contributed by atoms with Crippen LogP contribution in [-0.4, -0.2) is 48.7 Å². The predicted octanol–water partition coefficient (Wildman–Crippen LogP) is 2.31. The highest BCUT2D eigenvalue weighted by atomic mass is 19.1. The van der Waals surface area contributed by atoms with Crippen LogP contribution in [0.1, 0.15) is 0 Å². The molecule has 2 N–H and O–H groups in total. The van der Waals surface area contributed by atoms with Gasteiger partial charge >= 0.3 is 5.97 Å². The molecule has 28 heavy (non-hydrogen) atoms. The molecular weight excluding hydrogens is 370 g/mol. The largest absolute Gasteiger partial charge is 0.466 e. The van der Waals surface area contributed by atoms with Crippen LogP contribution in [0.2, 0.25) is 0 Å². The van der Waals surface area contributed by atoms with Gasteiger partial charge in [0.25, 0.3) is 5.91 Å². The first-order valence-corrected chi connectivity index (χ1v) is 8.48. The zero-order chi connectivity index (χ0) is 20.3. The molecule has 0 spiro atoms. The molecule has 0 saturated heterocycles. The van der Waals surface area contributed by atoms with E-state index in [2.05, 4.69) is 5.32 Å². The molecule has 6 nitrogen and oxygen atoms in total. The number of aliphatic hydroxyl groups excluding tert-OH is 1. The summed E-state index contributed by atoms with van der Waals surface area (Å²) < 4.78 is 31.5. The van der Waals surface area contributed by atoms with Crippen molar-refractivity contribution < 1.29 is 28.2 Å². The number of esters is 1. The monoisotopic (exact) mass is 388 g/mol. The highest BCUT2D eigenvalue weighted by molar-refractivity contribution is 6.08. The standard InChI is InChI=1S/C20H18F2N2O4/c1-28-20(27)17-11-24(6-7-25)19(26)18(17)23-16-4-2-12(3-5-16)13-8-14(21)10-15(22)9-13/h2-5,8-10,23,25H,6-7,11H2,1H3. The molecule has 0 aromatic heterocycles. The second-order valence-corrected chi connectivity index (χ2v) is 6.16. The number of hydrogen-bond donors (Lipinski definition) is 2. The van der Waals surface area contributed by atoms with E-state index in [-0.39, 0.29) is 31.0 Å². The number of carbonyl (C=O) groups is 2. The maximum atomic E-state index is 13.4. The second kappa shape index (κ2) is 8.18. The first kappa shape index (κ1) is 19.5. The zero-order valence-electron chi connectivity index (χ0n) is 15.0. The summed E-state index contributed by atoms with van der Waals surface area (Å²) >= 11 is 0. The van der Waals surface area contributed by atoms with E-state index in [9.17, 15) is 18.4 Å². The van der Waals surface area contributed by atoms with E-state index >= 15 is 0 Å². The Bertz CT molecular complexity index is 921. The molecule has 0 aliphatic carbocycles. The number of methoxy groups -OCH3 is 1. The van der Waals surface area contributed by atoms with E-state index < -0.39 is 23.5 Å². The lowest BCUT2D eigenvalue weighted by Crippen LogP contribution is -2.31. The SMILES string of the molecule is COC(=O)C1=C(Nc2ccc(-c3cc(F)cc(F)c3)cc2)C(=O)N(CCO)C1. The summed E-state index contributed by atoms with van der Waals surface area (Å²) in [6.07, 6.45) is 0. The van der Waals surface area contributed by atoms with Crippen LogP contribution >= 0.6 is 0 Å². The highest BCUT2D eigenvalue weighted by Crippen LogP contribution is 2.26. The van der Waals surface area contributed by atoms with Crippen LogP contribution in [0, 0.1) is 11.6 Å². The van der Waals surface area contributed by atoms with Gasteiger partial charge in [-0.05, 0) is 35.4 Å². The third-order valence-corrected chi connectivity index (χ3v) is 4.30. The number of hydrogen-bond acceptors (Lipinski definition) is 5. The number of nitrogens with one attached hydrogen (secondary N) is 1. The molecule has 146 valence electrons. The maximum absolute atomic E-state index is 13.4. The predicted molar refractivity (Wildman–Crippen MR) is 98.1 cm³/mol. The van der Waals surface area contributed by atoms with E-state index in [0.29, 0.717) is 16.8 Å². The minimum Gasteiger partial charge on any atom is -0.466 e. The van der Waals surface area contributed by atoms with Crippen molar-refractivity contribution in [1.82, 2.24) is 4.90 Å². The number of ether oxygens (including phenoxy) is 1. The second-order valence-electron chi connectivity index (χ2n) is 6.16. The van der Waals surface area contributed by atoms with Gasteiger partial charge in [0, 0.05) is 18.3 Å². The van der Waals surface area contributed by atoms with Crippen LogP contribution in [0.25, 0.3) is 11.1 Å². The first-order valence-electron chi connectivity index (χ1n) is 8.48. The Balaban J connectivity index is 1.85. The number of anilines is 1. The van der Waals surface area contributed by atoms with Crippen molar-refractivity contribution >= 4 is 17.6 Å². The number of amides is 1. The van der Waals surface area contributed by atoms with Crippen LogP contribution in [0.3, 0.4) is 0 Å². The molecule has 2 aromatic rings. The number of β-amino-alcohol motifs (C(OH)–C–C–N with tert-alkyl or cyclic N) is 1. The Hall–Kier alpha value is -3.26. The van der Waals surface area contributed by atoms with Crippen LogP contribution in [-0.2, 0) is 14.3 Å². The molecule has 1 aliphatic rings. The summed E-state index contributed by atoms with van der Waals surface area (Å²) in [5.74, 6) is -2.41. The van der Waals surface area contributed by atoms with Crippen molar-refractivity contribution in [3.8, 4) is 11.1 Å². The summed E-state index contributed by atoms with van der Waals surface area (Å²) in [5.41, 5.74) is 1.72. The maximum Gasteiger partial charge on any atom is 0.337 e. The molecule has 0 atom stereocenters. The zero-order valence-corrected chi connectivity index (χ0v) is 15.0. The Kier molecular flexibility index (Phi) is 5.70. The van der Waals surface area contributed by atoms with Crippen LogP contribution in [0.4, 0.5) is 14.5 Å². The lowest BCUT2D eigenvalue weighted by Gasteiger charge is -2.15. The number of carbonyl (C=O) groups excluding carboxylic acids is 2. The molecular formula is C20H18F2N2O4. The summed E-state index contributed by atoms with van der Waals surface area (Å²) in [6, 6.07) is 9.77. The lowest BCUT2D eigenvalue weighted by molar-refractivity contribution is -0.136. The number of rotatable bonds is 6. The fraction of sp³-hybridized carbons (Fsp3) is 0.200. The van der Waals surface area contributed by atoms with Crippen molar-refractivity contribution in [3.05, 3.63) is 65.4 Å². The van der Waals surface area contributed by atoms with Gasteiger partial charge in [-0.3, -0.25) is 4.79 Å². The lowest BCUT2D eigenvalue weighted by atomic mass is 10.0. The minimum atomic E-state index is -0.675. The van der Waals surface area contributed by atoms with E-state index in [1.54, 1.807) is 24.3 Å². The molecule has 0 bridgehead atoms. The van der Waals surface area contributed by atoms with Gasteiger partial charge in [0.15, 0.2) is 0 Å². The van der Waals surface area contributed by atoms with Gasteiger partial charge in [0.05, 0.1) is 25.8 Å². The molecule has 1 heterocycles. The fourth-order valence-electron chi connectivity index (χ4n) is 2.96. The van der Waals surface area contributed by atoms with E-state index in [0.717, 1.165) is 6.07 Å². The number of halogens is 2. The van der Waals surface area contributed by atoms with Gasteiger partial charge in [-0.15, -0.1) is 0 Å². The molecule has 2 aromatic carbocycles. The fourth-order valence-corrected chi connectivity index (χ4v) is 2.96. The van der Waals surface area contributed by atoms with Gasteiger partial charge in [0.1, 0.15) is 17.3 Å². The van der Waals surface area contributed by atoms with E-state index in [4.69, 9.17) is 9.84 Å². The van der Waals surface area contributed by atoms with Crippen LogP contribution in [0.5, 0.6) is 0 Å². The van der Waals surface area contributed by atoms with Crippen molar-refractivity contribution in [2.45, 2.75) is 0 Å². The third kappa shape index (κ3) is 4.01. The van der Waals surface area contributed by atoms with Gasteiger partial charge in [-0.2, -0.15) is 0 Å². The number of benzene rings is 2. The van der Waals surface area contributed by atoms with Gasteiger partial charge < -0.3 is 20.1 Å². The van der Waals surface area contributed by atoms with E-state index in [1.807, 2.05) is 0 Å². The molecule has 0 radical (unpaired) electrons. The molecule has 0 saturated carbocycles. The Morgan fingerprint density at radius 3 is 2.36 bits per heavy atom. The minimum absolute atomic E-state index is 0.0368. The average molecular weight is 388 g/mol. The Labute approximate surface area is 160 Å². The first-order chi connectivity index (χ1) is 13.4. The summed E-state index contributed by atoms with van der Waals surface area (Å²) in [5, 5.41) is 12.0. The smallest absolute Gasteiger partial charge is 0.337 e. The highest BCUT2D eigenvalue weighted by Gasteiger charge is 2.34. The van der Waals surface area contributed by atoms with E-state index in [1.165, 1.54) is 24.1 Å². The van der Waals surface area contributed by atoms with Crippen molar-refractivity contribution in [2.75, 3.05) is 32.1 Å². The summed E-state index contributed by atoms with van der Waals surface area (Å²) in [6.45, 7) is -0.101. The molecule has 3 rings (SSSR count). The van der Waals surface area contributed by atoms with Crippen molar-refractivity contribution in [3.63, 3.8) is 0 Å².